The molecule has 0 fully saturated rings. The summed E-state index contributed by atoms with van der Waals surface area (Å²) in [6.07, 6.45) is 2.92. The van der Waals surface area contributed by atoms with Crippen LogP contribution in [-0.2, 0) is 13.1 Å². The summed E-state index contributed by atoms with van der Waals surface area (Å²) in [5.74, 6) is 1.08. The van der Waals surface area contributed by atoms with Crippen molar-refractivity contribution in [2.75, 3.05) is 6.54 Å². The molecule has 0 saturated heterocycles. The van der Waals surface area contributed by atoms with Crippen molar-refractivity contribution in [3.63, 3.8) is 0 Å². The van der Waals surface area contributed by atoms with Gasteiger partial charge >= 0.3 is 0 Å². The van der Waals surface area contributed by atoms with E-state index < -0.39 is 0 Å². The predicted molar refractivity (Wildman–Crippen MR) is 65.2 cm³/mol. The Hall–Kier alpha value is -1.42. The van der Waals surface area contributed by atoms with Gasteiger partial charge in [0.25, 0.3) is 0 Å². The first kappa shape index (κ1) is 11.1. The number of nitrogens with one attached hydrogen (secondary N) is 1. The van der Waals surface area contributed by atoms with E-state index in [1.807, 2.05) is 18.3 Å². The van der Waals surface area contributed by atoms with E-state index in [0.29, 0.717) is 0 Å². The smallest absolute Gasteiger partial charge is 0.160 e. The van der Waals surface area contributed by atoms with Gasteiger partial charge in [0.15, 0.2) is 5.65 Å². The first-order valence-corrected chi connectivity index (χ1v) is 5.87. The van der Waals surface area contributed by atoms with Gasteiger partial charge in [-0.1, -0.05) is 13.8 Å². The van der Waals surface area contributed by atoms with Gasteiger partial charge in [-0.3, -0.25) is 0 Å². The second-order valence-electron chi connectivity index (χ2n) is 3.81. The highest BCUT2D eigenvalue weighted by atomic mass is 15.1. The summed E-state index contributed by atoms with van der Waals surface area (Å²) in [7, 11) is 0. The van der Waals surface area contributed by atoms with Crippen molar-refractivity contribution in [3.8, 4) is 0 Å². The van der Waals surface area contributed by atoms with Gasteiger partial charge < -0.3 is 9.88 Å². The van der Waals surface area contributed by atoms with E-state index in [1.165, 1.54) is 0 Å². The third kappa shape index (κ3) is 2.07. The molecule has 4 nitrogen and oxygen atoms in total. The number of nitrogens with zero attached hydrogens (tertiary/aromatic N) is 3. The number of rotatable bonds is 5. The van der Waals surface area contributed by atoms with E-state index in [0.717, 1.165) is 43.0 Å². The van der Waals surface area contributed by atoms with Crippen molar-refractivity contribution in [1.29, 1.82) is 0 Å². The van der Waals surface area contributed by atoms with E-state index in [-0.39, 0.29) is 0 Å². The summed E-state index contributed by atoms with van der Waals surface area (Å²) in [4.78, 5) is 9.01. The van der Waals surface area contributed by atoms with Crippen LogP contribution >= 0.6 is 0 Å². The number of aryl methyl sites for hydroxylation is 1. The zero-order chi connectivity index (χ0) is 11.4. The molecule has 2 rings (SSSR count). The van der Waals surface area contributed by atoms with Crippen LogP contribution in [0.25, 0.3) is 11.2 Å². The van der Waals surface area contributed by atoms with Crippen LogP contribution in [0.3, 0.4) is 0 Å². The molecule has 0 amide bonds. The van der Waals surface area contributed by atoms with Crippen LogP contribution in [0.5, 0.6) is 0 Å². The van der Waals surface area contributed by atoms with Gasteiger partial charge in [-0.25, -0.2) is 9.97 Å². The largest absolute Gasteiger partial charge is 0.312 e. The van der Waals surface area contributed by atoms with Crippen LogP contribution in [0.4, 0.5) is 0 Å². The van der Waals surface area contributed by atoms with Gasteiger partial charge in [-0.2, -0.15) is 0 Å². The number of hydrogen-bond acceptors (Lipinski definition) is 3. The molecule has 2 aromatic rings. The number of imidazole rings is 1. The molecule has 86 valence electrons. The van der Waals surface area contributed by atoms with Gasteiger partial charge in [0.05, 0.1) is 6.54 Å². The summed E-state index contributed by atoms with van der Waals surface area (Å²) in [5, 5.41) is 3.31. The quantitative estimate of drug-likeness (QED) is 0.834. The SMILES string of the molecule is CCCn1c(CNCC)nc2cccnc21. The second kappa shape index (κ2) is 5.07. The molecule has 2 heterocycles. The molecule has 0 unspecified atom stereocenters. The maximum Gasteiger partial charge on any atom is 0.160 e. The fourth-order valence-corrected chi connectivity index (χ4v) is 1.84. The summed E-state index contributed by atoms with van der Waals surface area (Å²) in [6, 6.07) is 3.95. The fourth-order valence-electron chi connectivity index (χ4n) is 1.84. The average molecular weight is 218 g/mol. The first-order valence-electron chi connectivity index (χ1n) is 5.87. The molecule has 0 spiro atoms. The lowest BCUT2D eigenvalue weighted by Gasteiger charge is -2.06. The minimum Gasteiger partial charge on any atom is -0.312 e. The molecule has 4 heteroatoms. The van der Waals surface area contributed by atoms with Crippen molar-refractivity contribution >= 4 is 11.2 Å². The molecule has 0 atom stereocenters. The Labute approximate surface area is 95.7 Å². The Morgan fingerprint density at radius 2 is 2.25 bits per heavy atom. The summed E-state index contributed by atoms with van der Waals surface area (Å²) < 4.78 is 2.21. The Morgan fingerprint density at radius 1 is 1.38 bits per heavy atom. The van der Waals surface area contributed by atoms with Gasteiger partial charge in [0.1, 0.15) is 11.3 Å². The molecule has 0 bridgehead atoms. The zero-order valence-electron chi connectivity index (χ0n) is 9.90. The molecule has 0 aromatic carbocycles. The Morgan fingerprint density at radius 3 is 3.00 bits per heavy atom. The van der Waals surface area contributed by atoms with Crippen molar-refractivity contribution < 1.29 is 0 Å². The summed E-state index contributed by atoms with van der Waals surface area (Å²) in [6.45, 7) is 7.03. The van der Waals surface area contributed by atoms with Crippen LogP contribution in [0.15, 0.2) is 18.3 Å². The van der Waals surface area contributed by atoms with E-state index in [9.17, 15) is 0 Å². The third-order valence-corrected chi connectivity index (χ3v) is 2.56. The number of aromatic nitrogens is 3. The number of hydrogen-bond donors (Lipinski definition) is 1. The van der Waals surface area contributed by atoms with Crippen LogP contribution in [0.1, 0.15) is 26.1 Å². The lowest BCUT2D eigenvalue weighted by Crippen LogP contribution is -2.16. The van der Waals surface area contributed by atoms with Crippen molar-refractivity contribution in [2.24, 2.45) is 0 Å². The Kier molecular flexibility index (Phi) is 3.51. The van der Waals surface area contributed by atoms with E-state index in [2.05, 4.69) is 33.7 Å². The molecule has 2 aromatic heterocycles. The van der Waals surface area contributed by atoms with Gasteiger partial charge in [-0.15, -0.1) is 0 Å². The van der Waals surface area contributed by atoms with Crippen LogP contribution in [0.2, 0.25) is 0 Å². The molecule has 0 aliphatic heterocycles. The lowest BCUT2D eigenvalue weighted by molar-refractivity contribution is 0.607. The number of fused-ring (bicyclic) bond motifs is 1. The van der Waals surface area contributed by atoms with Gasteiger partial charge in [-0.05, 0) is 25.1 Å². The van der Waals surface area contributed by atoms with Crippen molar-refractivity contribution in [2.45, 2.75) is 33.4 Å². The first-order chi connectivity index (χ1) is 7.86. The zero-order valence-corrected chi connectivity index (χ0v) is 9.90. The Balaban J connectivity index is 2.41. The van der Waals surface area contributed by atoms with Crippen LogP contribution in [-0.4, -0.2) is 21.1 Å². The van der Waals surface area contributed by atoms with E-state index in [4.69, 9.17) is 0 Å². The minimum atomic E-state index is 0.812. The molecular weight excluding hydrogens is 200 g/mol. The molecular formula is C12H18N4. The predicted octanol–water partition coefficient (Wildman–Crippen LogP) is 1.95. The average Bonchev–Trinajstić information content (AvgIpc) is 2.66. The van der Waals surface area contributed by atoms with Gasteiger partial charge in [0, 0.05) is 12.7 Å². The summed E-state index contributed by atoms with van der Waals surface area (Å²) >= 11 is 0. The van der Waals surface area contributed by atoms with Crippen LogP contribution < -0.4 is 5.32 Å². The highest BCUT2D eigenvalue weighted by Gasteiger charge is 2.09. The van der Waals surface area contributed by atoms with Crippen molar-refractivity contribution in [3.05, 3.63) is 24.2 Å². The lowest BCUT2D eigenvalue weighted by atomic mass is 10.4. The molecule has 0 aliphatic carbocycles. The topological polar surface area (TPSA) is 42.7 Å². The van der Waals surface area contributed by atoms with Crippen molar-refractivity contribution in [1.82, 2.24) is 19.9 Å². The highest BCUT2D eigenvalue weighted by Crippen LogP contribution is 2.13. The normalized spacial score (nSPS) is 11.1. The minimum absolute atomic E-state index is 0.812. The standard InChI is InChI=1S/C12H18N4/c1-3-8-16-11(9-13-4-2)15-10-6-5-7-14-12(10)16/h5-7,13H,3-4,8-9H2,1-2H3. The second-order valence-corrected chi connectivity index (χ2v) is 3.81. The molecule has 0 aliphatic rings. The van der Waals surface area contributed by atoms with E-state index in [1.54, 1.807) is 0 Å². The third-order valence-electron chi connectivity index (χ3n) is 2.56. The highest BCUT2D eigenvalue weighted by molar-refractivity contribution is 5.71. The maximum atomic E-state index is 4.61. The molecule has 0 radical (unpaired) electrons. The Bertz CT molecular complexity index is 461. The molecule has 1 N–H and O–H groups in total. The fraction of sp³-hybridized carbons (Fsp3) is 0.500. The molecule has 16 heavy (non-hydrogen) atoms. The monoisotopic (exact) mass is 218 g/mol. The molecule has 0 saturated carbocycles. The maximum absolute atomic E-state index is 4.61. The van der Waals surface area contributed by atoms with E-state index >= 15 is 0 Å². The number of pyridine rings is 1. The summed E-state index contributed by atoms with van der Waals surface area (Å²) in [5.41, 5.74) is 1.99. The van der Waals surface area contributed by atoms with Gasteiger partial charge in [0.2, 0.25) is 0 Å². The van der Waals surface area contributed by atoms with Crippen LogP contribution in [0, 0.1) is 0 Å².